The van der Waals surface area contributed by atoms with E-state index in [1.807, 2.05) is 0 Å². The molecule has 0 saturated carbocycles. The van der Waals surface area contributed by atoms with E-state index < -0.39 is 0 Å². The molecule has 0 heterocycles. The molecule has 0 nitrogen and oxygen atoms in total. The maximum absolute atomic E-state index is 2.28. The van der Waals surface area contributed by atoms with Gasteiger partial charge in [-0.1, -0.05) is 49.2 Å². The second kappa shape index (κ2) is 4.06. The third kappa shape index (κ3) is 1.90. The Balaban J connectivity index is 2.63. The van der Waals surface area contributed by atoms with Gasteiger partial charge in [0, 0.05) is 0 Å². The fourth-order valence-corrected chi connectivity index (χ4v) is 2.19. The van der Waals surface area contributed by atoms with Gasteiger partial charge in [-0.3, -0.25) is 0 Å². The highest BCUT2D eigenvalue weighted by Crippen LogP contribution is 2.23. The molecule has 2 rings (SSSR count). The molecule has 0 N–H and O–H groups in total. The van der Waals surface area contributed by atoms with Gasteiger partial charge in [-0.05, 0) is 42.2 Å². The van der Waals surface area contributed by atoms with Crippen molar-refractivity contribution in [3.05, 3.63) is 47.0 Å². The topological polar surface area (TPSA) is 0 Å². The number of hydrogen-bond donors (Lipinski definition) is 0. The summed E-state index contributed by atoms with van der Waals surface area (Å²) in [5, 5.41) is 2.78. The molecule has 15 heavy (non-hydrogen) atoms. The van der Waals surface area contributed by atoms with Crippen LogP contribution in [0, 0.1) is 13.8 Å². The number of hydrogen-bond acceptors (Lipinski definition) is 0. The second-order valence-corrected chi connectivity index (χ2v) is 4.32. The van der Waals surface area contributed by atoms with Crippen molar-refractivity contribution in [2.75, 3.05) is 0 Å². The summed E-state index contributed by atoms with van der Waals surface area (Å²) in [6.45, 7) is 6.62. The molecule has 0 aliphatic rings. The Hall–Kier alpha value is -1.30. The summed E-state index contributed by atoms with van der Waals surface area (Å²) in [5.74, 6) is 0. The molecular formula is C15H18. The zero-order valence-corrected chi connectivity index (χ0v) is 9.80. The first kappa shape index (κ1) is 10.2. The lowest BCUT2D eigenvalue weighted by Gasteiger charge is -2.09. The van der Waals surface area contributed by atoms with Crippen LogP contribution >= 0.6 is 0 Å². The molecule has 0 aliphatic heterocycles. The van der Waals surface area contributed by atoms with Gasteiger partial charge >= 0.3 is 0 Å². The molecule has 0 radical (unpaired) electrons. The minimum atomic E-state index is 1.19. The first-order chi connectivity index (χ1) is 7.22. The summed E-state index contributed by atoms with van der Waals surface area (Å²) in [4.78, 5) is 0. The lowest BCUT2D eigenvalue weighted by molar-refractivity contribution is 0.915. The van der Waals surface area contributed by atoms with Crippen molar-refractivity contribution < 1.29 is 0 Å². The summed E-state index contributed by atoms with van der Waals surface area (Å²) < 4.78 is 0. The maximum Gasteiger partial charge on any atom is -0.0152 e. The highest BCUT2D eigenvalue weighted by molar-refractivity contribution is 5.87. The monoisotopic (exact) mass is 198 g/mol. The summed E-state index contributed by atoms with van der Waals surface area (Å²) in [6.07, 6.45) is 2.41. The van der Waals surface area contributed by atoms with Crippen molar-refractivity contribution in [3.8, 4) is 0 Å². The van der Waals surface area contributed by atoms with Crippen molar-refractivity contribution >= 4 is 10.8 Å². The molecule has 78 valence electrons. The SMILES string of the molecule is CCCc1ccc2cc(C)ccc2c1C. The molecule has 0 fully saturated rings. The Bertz CT molecular complexity index is 481. The Morgan fingerprint density at radius 3 is 2.53 bits per heavy atom. The molecule has 0 saturated heterocycles. The highest BCUT2D eigenvalue weighted by atomic mass is 14.1. The molecule has 0 spiro atoms. The first-order valence-electron chi connectivity index (χ1n) is 5.71. The summed E-state index contributed by atoms with van der Waals surface area (Å²) in [6, 6.07) is 11.2. The van der Waals surface area contributed by atoms with E-state index in [1.54, 1.807) is 0 Å². The van der Waals surface area contributed by atoms with Crippen LogP contribution in [0.15, 0.2) is 30.3 Å². The third-order valence-electron chi connectivity index (χ3n) is 3.08. The number of rotatable bonds is 2. The van der Waals surface area contributed by atoms with Gasteiger partial charge in [-0.2, -0.15) is 0 Å². The van der Waals surface area contributed by atoms with Gasteiger partial charge in [0.1, 0.15) is 0 Å². The zero-order chi connectivity index (χ0) is 10.8. The molecule has 2 aromatic rings. The molecule has 0 heteroatoms. The lowest BCUT2D eigenvalue weighted by Crippen LogP contribution is -1.90. The Kier molecular flexibility index (Phi) is 2.77. The molecule has 0 amide bonds. The second-order valence-electron chi connectivity index (χ2n) is 4.32. The number of benzene rings is 2. The van der Waals surface area contributed by atoms with E-state index in [4.69, 9.17) is 0 Å². The fraction of sp³-hybridized carbons (Fsp3) is 0.333. The summed E-state index contributed by atoms with van der Waals surface area (Å²) >= 11 is 0. The minimum Gasteiger partial charge on any atom is -0.0651 e. The van der Waals surface area contributed by atoms with E-state index in [9.17, 15) is 0 Å². The molecule has 0 unspecified atom stereocenters. The first-order valence-corrected chi connectivity index (χ1v) is 5.71. The quantitative estimate of drug-likeness (QED) is 0.670. The van der Waals surface area contributed by atoms with Crippen LogP contribution in [-0.2, 0) is 6.42 Å². The van der Waals surface area contributed by atoms with Crippen LogP contribution in [0.25, 0.3) is 10.8 Å². The molecule has 0 bridgehead atoms. The van der Waals surface area contributed by atoms with Gasteiger partial charge in [0.25, 0.3) is 0 Å². The van der Waals surface area contributed by atoms with Gasteiger partial charge in [0.2, 0.25) is 0 Å². The molecule has 2 aromatic carbocycles. The van der Waals surface area contributed by atoms with E-state index in [0.717, 1.165) is 0 Å². The Morgan fingerprint density at radius 2 is 1.80 bits per heavy atom. The predicted octanol–water partition coefficient (Wildman–Crippen LogP) is 4.41. The minimum absolute atomic E-state index is 1.19. The van der Waals surface area contributed by atoms with Gasteiger partial charge in [0.05, 0.1) is 0 Å². The van der Waals surface area contributed by atoms with Crippen LogP contribution in [0.3, 0.4) is 0 Å². The molecule has 0 aromatic heterocycles. The smallest absolute Gasteiger partial charge is 0.0152 e. The van der Waals surface area contributed by atoms with Gasteiger partial charge in [-0.15, -0.1) is 0 Å². The largest absolute Gasteiger partial charge is 0.0651 e. The average Bonchev–Trinajstić information content (AvgIpc) is 2.22. The van der Waals surface area contributed by atoms with Crippen molar-refractivity contribution in [2.24, 2.45) is 0 Å². The maximum atomic E-state index is 2.28. The van der Waals surface area contributed by atoms with E-state index in [-0.39, 0.29) is 0 Å². The summed E-state index contributed by atoms with van der Waals surface area (Å²) in [7, 11) is 0. The van der Waals surface area contributed by atoms with Crippen molar-refractivity contribution in [1.29, 1.82) is 0 Å². The van der Waals surface area contributed by atoms with Gasteiger partial charge in [0.15, 0.2) is 0 Å². The Labute approximate surface area is 91.9 Å². The molecule has 0 atom stereocenters. The van der Waals surface area contributed by atoms with Crippen LogP contribution in [-0.4, -0.2) is 0 Å². The van der Waals surface area contributed by atoms with Crippen LogP contribution in [0.1, 0.15) is 30.0 Å². The lowest BCUT2D eigenvalue weighted by atomic mass is 9.96. The van der Waals surface area contributed by atoms with Crippen LogP contribution in [0.5, 0.6) is 0 Å². The van der Waals surface area contributed by atoms with E-state index in [0.29, 0.717) is 0 Å². The van der Waals surface area contributed by atoms with Gasteiger partial charge < -0.3 is 0 Å². The normalized spacial score (nSPS) is 10.9. The zero-order valence-electron chi connectivity index (χ0n) is 9.80. The number of fused-ring (bicyclic) bond motifs is 1. The highest BCUT2D eigenvalue weighted by Gasteiger charge is 2.02. The predicted molar refractivity (Wildman–Crippen MR) is 67.4 cm³/mol. The molecule has 0 aliphatic carbocycles. The van der Waals surface area contributed by atoms with Crippen molar-refractivity contribution in [2.45, 2.75) is 33.6 Å². The molecular weight excluding hydrogens is 180 g/mol. The van der Waals surface area contributed by atoms with Crippen LogP contribution < -0.4 is 0 Å². The van der Waals surface area contributed by atoms with Crippen LogP contribution in [0.2, 0.25) is 0 Å². The van der Waals surface area contributed by atoms with E-state index in [1.165, 1.54) is 40.3 Å². The van der Waals surface area contributed by atoms with Crippen molar-refractivity contribution in [1.82, 2.24) is 0 Å². The van der Waals surface area contributed by atoms with Gasteiger partial charge in [-0.25, -0.2) is 0 Å². The standard InChI is InChI=1S/C15H18/c1-4-5-13-7-8-14-10-11(2)6-9-15(14)12(13)3/h6-10H,4-5H2,1-3H3. The summed E-state index contributed by atoms with van der Waals surface area (Å²) in [5.41, 5.74) is 4.29. The van der Waals surface area contributed by atoms with Crippen LogP contribution in [0.4, 0.5) is 0 Å². The fourth-order valence-electron chi connectivity index (χ4n) is 2.19. The third-order valence-corrected chi connectivity index (χ3v) is 3.08. The van der Waals surface area contributed by atoms with E-state index in [2.05, 4.69) is 51.1 Å². The van der Waals surface area contributed by atoms with Crippen molar-refractivity contribution in [3.63, 3.8) is 0 Å². The Morgan fingerprint density at radius 1 is 1.00 bits per heavy atom. The number of aryl methyl sites for hydroxylation is 3. The average molecular weight is 198 g/mol. The van der Waals surface area contributed by atoms with E-state index >= 15 is 0 Å².